The quantitative estimate of drug-likeness (QED) is 0.118. The van der Waals surface area contributed by atoms with E-state index in [1.165, 1.54) is 0 Å². The molecule has 0 saturated heterocycles. The molecule has 6 rings (SSSR count). The van der Waals surface area contributed by atoms with Gasteiger partial charge in [0.2, 0.25) is 0 Å². The number of rotatable bonds is 10. The van der Waals surface area contributed by atoms with Crippen molar-refractivity contribution < 1.29 is 23.8 Å². The number of hydrogen-bond acceptors (Lipinski definition) is 5. The second-order valence-electron chi connectivity index (χ2n) is 13.2. The van der Waals surface area contributed by atoms with Gasteiger partial charge in [0, 0.05) is 27.6 Å². The van der Waals surface area contributed by atoms with E-state index in [0.717, 1.165) is 22.3 Å². The fraction of sp³-hybridized carbons (Fsp3) is 0.238. The molecular formula is C42H40ClNO5. The van der Waals surface area contributed by atoms with E-state index in [1.807, 2.05) is 124 Å². The van der Waals surface area contributed by atoms with Crippen LogP contribution in [0.15, 0.2) is 133 Å². The molecule has 5 aromatic rings. The third-order valence-electron chi connectivity index (χ3n) is 8.75. The second kappa shape index (κ2) is 14.3. The van der Waals surface area contributed by atoms with Crippen LogP contribution in [-0.4, -0.2) is 36.4 Å². The lowest BCUT2D eigenvalue weighted by Crippen LogP contribution is -2.53. The lowest BCUT2D eigenvalue weighted by molar-refractivity contribution is -0.163. The summed E-state index contributed by atoms with van der Waals surface area (Å²) in [7, 11) is 0. The fourth-order valence-corrected chi connectivity index (χ4v) is 6.99. The maximum atomic E-state index is 14.6. The highest BCUT2D eigenvalue weighted by Crippen LogP contribution is 2.45. The molecule has 1 aliphatic rings. The molecule has 0 aliphatic heterocycles. The van der Waals surface area contributed by atoms with Crippen molar-refractivity contribution in [2.45, 2.75) is 57.0 Å². The van der Waals surface area contributed by atoms with Crippen LogP contribution in [0.4, 0.5) is 4.79 Å². The van der Waals surface area contributed by atoms with Crippen LogP contribution in [0.1, 0.15) is 61.4 Å². The van der Waals surface area contributed by atoms with Crippen LogP contribution in [0.3, 0.4) is 0 Å². The number of carbonyl (C=O) groups excluding carboxylic acids is 2. The van der Waals surface area contributed by atoms with Crippen LogP contribution >= 0.6 is 11.6 Å². The van der Waals surface area contributed by atoms with E-state index >= 15 is 0 Å². The van der Waals surface area contributed by atoms with Gasteiger partial charge in [0.25, 0.3) is 0 Å². The van der Waals surface area contributed by atoms with E-state index in [4.69, 9.17) is 25.8 Å². The Bertz CT molecular complexity index is 1840. The van der Waals surface area contributed by atoms with Crippen molar-refractivity contribution in [1.29, 1.82) is 0 Å². The molecular weight excluding hydrogens is 634 g/mol. The molecule has 250 valence electrons. The van der Waals surface area contributed by atoms with Crippen LogP contribution < -0.4 is 5.32 Å². The molecule has 6 nitrogen and oxygen atoms in total. The third-order valence-corrected chi connectivity index (χ3v) is 9.08. The van der Waals surface area contributed by atoms with Crippen molar-refractivity contribution in [1.82, 2.24) is 5.32 Å². The number of esters is 1. The zero-order valence-corrected chi connectivity index (χ0v) is 28.8. The maximum absolute atomic E-state index is 14.6. The topological polar surface area (TPSA) is 73.9 Å². The molecule has 1 N–H and O–H groups in total. The number of carbonyl (C=O) groups is 2. The highest BCUT2D eigenvalue weighted by atomic mass is 35.5. The van der Waals surface area contributed by atoms with Gasteiger partial charge in [0.05, 0.1) is 11.7 Å². The molecule has 0 bridgehead atoms. The zero-order chi connectivity index (χ0) is 34.6. The van der Waals surface area contributed by atoms with Crippen LogP contribution in [0.25, 0.3) is 11.1 Å². The first-order chi connectivity index (χ1) is 23.6. The summed E-state index contributed by atoms with van der Waals surface area (Å²) in [6, 6.07) is 41.2. The van der Waals surface area contributed by atoms with Gasteiger partial charge in [-0.15, -0.1) is 0 Å². The number of hydrogen-bond donors (Lipinski definition) is 1. The lowest BCUT2D eigenvalue weighted by atomic mass is 9.80. The summed E-state index contributed by atoms with van der Waals surface area (Å²) in [4.78, 5) is 28.2. The van der Waals surface area contributed by atoms with Gasteiger partial charge in [-0.3, -0.25) is 0 Å². The van der Waals surface area contributed by atoms with E-state index in [2.05, 4.69) is 29.6 Å². The summed E-state index contributed by atoms with van der Waals surface area (Å²) >= 11 is 6.87. The minimum Gasteiger partial charge on any atom is -0.449 e. The van der Waals surface area contributed by atoms with Crippen molar-refractivity contribution in [2.24, 2.45) is 0 Å². The average molecular weight is 674 g/mol. The number of fused-ring (bicyclic) bond motifs is 3. The van der Waals surface area contributed by atoms with E-state index in [1.54, 1.807) is 13.0 Å². The first-order valence-corrected chi connectivity index (χ1v) is 16.8. The SMILES string of the molecule is C[C@@H](OC(C)(C)C)[C@H](NC(=O)OCC1c2ccccc2-c2ccccc21)C(=O)OC(c1ccccc1)(c1ccccc1)c1ccccc1Cl. The van der Waals surface area contributed by atoms with Crippen LogP contribution in [0.2, 0.25) is 5.02 Å². The Hall–Kier alpha value is -4.91. The minimum absolute atomic E-state index is 0.0910. The maximum Gasteiger partial charge on any atom is 0.407 e. The predicted octanol–water partition coefficient (Wildman–Crippen LogP) is 9.29. The molecule has 0 radical (unpaired) electrons. The molecule has 0 heterocycles. The van der Waals surface area contributed by atoms with Gasteiger partial charge < -0.3 is 19.5 Å². The first-order valence-electron chi connectivity index (χ1n) is 16.5. The van der Waals surface area contributed by atoms with Crippen LogP contribution in [0, 0.1) is 0 Å². The molecule has 0 unspecified atom stereocenters. The van der Waals surface area contributed by atoms with Gasteiger partial charge in [0.15, 0.2) is 11.6 Å². The van der Waals surface area contributed by atoms with Crippen molar-refractivity contribution >= 4 is 23.7 Å². The van der Waals surface area contributed by atoms with Crippen LogP contribution in [0.5, 0.6) is 0 Å². The van der Waals surface area contributed by atoms with Crippen molar-refractivity contribution in [3.8, 4) is 11.1 Å². The van der Waals surface area contributed by atoms with Gasteiger partial charge in [-0.25, -0.2) is 9.59 Å². The van der Waals surface area contributed by atoms with E-state index in [9.17, 15) is 9.59 Å². The Kier molecular flexibility index (Phi) is 9.91. The largest absolute Gasteiger partial charge is 0.449 e. The summed E-state index contributed by atoms with van der Waals surface area (Å²) in [5.41, 5.74) is 4.29. The number of nitrogens with one attached hydrogen (secondary N) is 1. The molecule has 2 atom stereocenters. The summed E-state index contributed by atoms with van der Waals surface area (Å²) in [6.07, 6.45) is -1.54. The Morgan fingerprint density at radius 1 is 0.714 bits per heavy atom. The second-order valence-corrected chi connectivity index (χ2v) is 13.6. The normalized spacial score (nSPS) is 13.9. The fourth-order valence-electron chi connectivity index (χ4n) is 6.72. The molecule has 5 aromatic carbocycles. The molecule has 0 aromatic heterocycles. The van der Waals surface area contributed by atoms with Gasteiger partial charge >= 0.3 is 12.1 Å². The Balaban J connectivity index is 1.33. The Labute approximate surface area is 293 Å². The van der Waals surface area contributed by atoms with E-state index in [0.29, 0.717) is 21.7 Å². The summed E-state index contributed by atoms with van der Waals surface area (Å²) < 4.78 is 18.8. The van der Waals surface area contributed by atoms with Crippen LogP contribution in [-0.2, 0) is 24.6 Å². The summed E-state index contributed by atoms with van der Waals surface area (Å²) in [5, 5.41) is 3.23. The number of halogens is 1. The molecule has 0 spiro atoms. The van der Waals surface area contributed by atoms with Crippen molar-refractivity contribution in [3.05, 3.63) is 166 Å². The van der Waals surface area contributed by atoms with Gasteiger partial charge in [-0.1, -0.05) is 139 Å². The average Bonchev–Trinajstić information content (AvgIpc) is 3.42. The lowest BCUT2D eigenvalue weighted by Gasteiger charge is -2.38. The summed E-state index contributed by atoms with van der Waals surface area (Å²) in [5.74, 6) is -0.853. The zero-order valence-electron chi connectivity index (χ0n) is 28.1. The third kappa shape index (κ3) is 7.12. The molecule has 0 fully saturated rings. The monoisotopic (exact) mass is 673 g/mol. The summed E-state index contributed by atoms with van der Waals surface area (Å²) in [6.45, 7) is 7.50. The predicted molar refractivity (Wildman–Crippen MR) is 193 cm³/mol. The van der Waals surface area contributed by atoms with E-state index in [-0.39, 0.29) is 12.5 Å². The highest BCUT2D eigenvalue weighted by Gasteiger charge is 2.45. The van der Waals surface area contributed by atoms with Gasteiger partial charge in [-0.05, 0) is 56.0 Å². The molecule has 7 heteroatoms. The Morgan fingerprint density at radius 2 is 1.20 bits per heavy atom. The van der Waals surface area contributed by atoms with Gasteiger partial charge in [0.1, 0.15) is 6.61 Å². The molecule has 1 amide bonds. The number of ether oxygens (including phenoxy) is 3. The highest BCUT2D eigenvalue weighted by molar-refractivity contribution is 6.31. The Morgan fingerprint density at radius 3 is 1.73 bits per heavy atom. The van der Waals surface area contributed by atoms with Crippen molar-refractivity contribution in [3.63, 3.8) is 0 Å². The molecule has 1 aliphatic carbocycles. The first kappa shape index (κ1) is 34.0. The minimum atomic E-state index is -1.46. The van der Waals surface area contributed by atoms with E-state index < -0.39 is 35.4 Å². The van der Waals surface area contributed by atoms with Crippen molar-refractivity contribution in [2.75, 3.05) is 6.61 Å². The number of alkyl carbamates (subject to hydrolysis) is 1. The number of amides is 1. The van der Waals surface area contributed by atoms with Gasteiger partial charge in [-0.2, -0.15) is 0 Å². The molecule has 0 saturated carbocycles. The number of benzene rings is 5. The molecule has 49 heavy (non-hydrogen) atoms. The smallest absolute Gasteiger partial charge is 0.407 e. The standard InChI is InChI=1S/C42H40ClNO5/c1-28(48-41(2,3)4)38(44-40(46)47-27-35-33-23-13-11-21-31(33)32-22-12-14-24-34(32)35)39(45)49-42(29-17-7-5-8-18-29,30-19-9-6-10-20-30)36-25-15-16-26-37(36)43/h5-26,28,35,38H,27H2,1-4H3,(H,44,46)/t28-,38+/m1/s1.